The van der Waals surface area contributed by atoms with E-state index in [9.17, 15) is 15.0 Å². The smallest absolute Gasteiger partial charge is 0.308 e. The Morgan fingerprint density at radius 1 is 0.379 bits per heavy atom. The first kappa shape index (κ1) is 64.4. The van der Waals surface area contributed by atoms with Gasteiger partial charge in [-0.15, -0.1) is 0 Å². The topological polar surface area (TPSA) is 82.9 Å². The summed E-state index contributed by atoms with van der Waals surface area (Å²) in [5.41, 5.74) is 0. The maximum absolute atomic E-state index is 12.9. The Bertz CT molecular complexity index is 996. The van der Waals surface area contributed by atoms with E-state index in [1.807, 2.05) is 0 Å². The molecule has 2 atom stereocenters. The van der Waals surface area contributed by atoms with Gasteiger partial charge in [-0.25, -0.2) is 0 Å². The van der Waals surface area contributed by atoms with Crippen LogP contribution in [-0.2, 0) is 19.1 Å². The molecule has 0 aromatic rings. The third-order valence-corrected chi connectivity index (χ3v) is 14.2. The van der Waals surface area contributed by atoms with Crippen LogP contribution in [0.2, 0.25) is 0 Å². The van der Waals surface area contributed by atoms with Gasteiger partial charge in [0.15, 0.2) is 0 Å². The minimum absolute atomic E-state index is 0.0576. The maximum atomic E-state index is 12.9. The van der Waals surface area contributed by atoms with Gasteiger partial charge in [-0.05, 0) is 84.8 Å². The Morgan fingerprint density at radius 2 is 0.697 bits per heavy atom. The van der Waals surface area contributed by atoms with Gasteiger partial charge >= 0.3 is 11.9 Å². The van der Waals surface area contributed by atoms with Gasteiger partial charge in [-0.1, -0.05) is 234 Å². The molecule has 2 unspecified atom stereocenters. The Morgan fingerprint density at radius 3 is 1.09 bits per heavy atom. The van der Waals surface area contributed by atoms with Gasteiger partial charge in [0.05, 0.1) is 30.9 Å². The van der Waals surface area contributed by atoms with Crippen molar-refractivity contribution in [2.75, 3.05) is 40.4 Å². The quantitative estimate of drug-likeness (QED) is 0.0283. The van der Waals surface area contributed by atoms with E-state index >= 15 is 0 Å². The van der Waals surface area contributed by atoms with Crippen LogP contribution < -0.4 is 0 Å². The fourth-order valence-electron chi connectivity index (χ4n) is 9.73. The van der Waals surface area contributed by atoms with Crippen molar-refractivity contribution in [1.82, 2.24) is 9.80 Å². The molecule has 0 aromatic heterocycles. The van der Waals surface area contributed by atoms with Gasteiger partial charge in [-0.3, -0.25) is 15.0 Å². The van der Waals surface area contributed by atoms with E-state index in [1.165, 1.54) is 167 Å². The summed E-state index contributed by atoms with van der Waals surface area (Å²) in [5.74, 6) is 1.20. The lowest BCUT2D eigenvalue weighted by Crippen LogP contribution is -2.41. The van der Waals surface area contributed by atoms with Gasteiger partial charge in [0.1, 0.15) is 0 Å². The Balaban J connectivity index is 5.02. The highest BCUT2D eigenvalue weighted by Crippen LogP contribution is 2.24. The molecule has 0 bridgehead atoms. The van der Waals surface area contributed by atoms with Crippen molar-refractivity contribution in [3.05, 3.63) is 0 Å². The van der Waals surface area contributed by atoms with E-state index in [2.05, 4.69) is 58.5 Å². The molecule has 7 heteroatoms. The first-order valence-corrected chi connectivity index (χ1v) is 29.6. The summed E-state index contributed by atoms with van der Waals surface area (Å²) < 4.78 is 11.6. The largest absolute Gasteiger partial charge is 0.465 e. The van der Waals surface area contributed by atoms with Crippen molar-refractivity contribution in [1.29, 1.82) is 5.41 Å². The monoisotopic (exact) mass is 932 g/mol. The molecule has 0 saturated carbocycles. The Kier molecular flexibility index (Phi) is 48.6. The highest BCUT2D eigenvalue weighted by molar-refractivity contribution is 5.79. The van der Waals surface area contributed by atoms with Crippen molar-refractivity contribution >= 4 is 17.8 Å². The number of esters is 2. The molecule has 1 N–H and O–H groups in total. The molecular weight excluding hydrogens is 815 g/mol. The summed E-state index contributed by atoms with van der Waals surface area (Å²) in [4.78, 5) is 30.6. The van der Waals surface area contributed by atoms with Crippen LogP contribution in [0.3, 0.4) is 0 Å². The van der Waals surface area contributed by atoms with Gasteiger partial charge in [0.25, 0.3) is 0 Å². The second-order valence-corrected chi connectivity index (χ2v) is 20.9. The highest BCUT2D eigenvalue weighted by Gasteiger charge is 2.22. The molecule has 392 valence electrons. The predicted octanol–water partition coefficient (Wildman–Crippen LogP) is 18.0. The molecule has 0 amide bonds. The van der Waals surface area contributed by atoms with Crippen molar-refractivity contribution < 1.29 is 19.1 Å². The number of unbranched alkanes of at least 4 members (excludes halogenated alkanes) is 27. The fourth-order valence-corrected chi connectivity index (χ4v) is 9.73. The molecule has 0 radical (unpaired) electrons. The second kappa shape index (κ2) is 49.8. The number of carbonyl (C=O) groups is 2. The number of ether oxygens (including phenoxy) is 2. The zero-order chi connectivity index (χ0) is 48.6. The number of rotatable bonds is 52. The average Bonchev–Trinajstić information content (AvgIpc) is 3.30. The molecule has 0 saturated heterocycles. The Hall–Kier alpha value is -1.63. The molecule has 0 aliphatic heterocycles. The third-order valence-electron chi connectivity index (χ3n) is 14.2. The summed E-state index contributed by atoms with van der Waals surface area (Å²) in [7, 11) is 4.30. The van der Waals surface area contributed by atoms with Crippen molar-refractivity contribution in [3.8, 4) is 0 Å². The lowest BCUT2D eigenvalue weighted by molar-refractivity contribution is -0.150. The molecule has 0 aromatic carbocycles. The summed E-state index contributed by atoms with van der Waals surface area (Å²) in [6.45, 7) is 14.5. The number of hydrogen-bond donors (Lipinski definition) is 1. The number of nitrogens with one attached hydrogen (secondary N) is 1. The average molecular weight is 933 g/mol. The van der Waals surface area contributed by atoms with E-state index in [-0.39, 0.29) is 23.8 Å². The molecule has 0 spiro atoms. The summed E-state index contributed by atoms with van der Waals surface area (Å²) in [6, 6.07) is 0.478. The van der Waals surface area contributed by atoms with Gasteiger partial charge in [-0.2, -0.15) is 0 Å². The summed E-state index contributed by atoms with van der Waals surface area (Å²) in [6.07, 6.45) is 50.0. The van der Waals surface area contributed by atoms with E-state index < -0.39 is 0 Å². The molecular formula is C59H117N3O4. The van der Waals surface area contributed by atoms with Gasteiger partial charge in [0, 0.05) is 19.0 Å². The molecule has 7 nitrogen and oxygen atoms in total. The van der Waals surface area contributed by atoms with Crippen LogP contribution in [0, 0.1) is 17.2 Å². The number of nitrogens with zero attached hydrogens (tertiary/aromatic N) is 2. The first-order valence-electron chi connectivity index (χ1n) is 29.6. The normalized spacial score (nSPS) is 13.0. The zero-order valence-corrected chi connectivity index (χ0v) is 45.8. The molecule has 0 heterocycles. The van der Waals surface area contributed by atoms with Crippen LogP contribution in [0.15, 0.2) is 0 Å². The fraction of sp³-hybridized carbons (Fsp3) is 0.949. The lowest BCUT2D eigenvalue weighted by Gasteiger charge is -2.35. The maximum Gasteiger partial charge on any atom is 0.308 e. The van der Waals surface area contributed by atoms with E-state index in [0.717, 1.165) is 122 Å². The van der Waals surface area contributed by atoms with Crippen molar-refractivity contribution in [2.24, 2.45) is 11.8 Å². The van der Waals surface area contributed by atoms with E-state index in [0.29, 0.717) is 19.3 Å². The highest BCUT2D eigenvalue weighted by atomic mass is 16.5. The predicted molar refractivity (Wildman–Crippen MR) is 288 cm³/mol. The molecule has 0 aliphatic carbocycles. The Labute approximate surface area is 413 Å². The summed E-state index contributed by atoms with van der Waals surface area (Å²) in [5, 5.41) is 9.36. The molecule has 0 fully saturated rings. The number of amidine groups is 1. The van der Waals surface area contributed by atoms with Crippen LogP contribution >= 0.6 is 0 Å². The molecule has 0 rings (SSSR count). The molecule has 66 heavy (non-hydrogen) atoms. The lowest BCUT2D eigenvalue weighted by atomic mass is 9.95. The summed E-state index contributed by atoms with van der Waals surface area (Å²) >= 11 is 0. The van der Waals surface area contributed by atoms with E-state index in [1.54, 1.807) is 0 Å². The zero-order valence-electron chi connectivity index (χ0n) is 45.8. The van der Waals surface area contributed by atoms with Crippen LogP contribution in [0.1, 0.15) is 304 Å². The minimum atomic E-state index is 0.0576. The van der Waals surface area contributed by atoms with Crippen molar-refractivity contribution in [2.45, 2.75) is 310 Å². The second-order valence-electron chi connectivity index (χ2n) is 20.9. The van der Waals surface area contributed by atoms with Crippen LogP contribution in [0.4, 0.5) is 0 Å². The standard InChI is InChI=1S/C59H117N3O4/c1-8-13-18-21-22-27-32-39-51-62(57(60)49-42-50-61(6)7)56(47-37-30-25-23-28-33-40-52-65-58(63)54(43-16-11-4)45-35-19-14-9-2)48-38-31-26-24-29-34-41-53-66-59(64)55(44-17-12-5)46-36-20-15-10-3/h54-56,60H,8-53H2,1-7H3. The SMILES string of the molecule is CCCCCCCCCCN(C(=N)CCCN(C)C)C(CCCCCCCCCOC(=O)C(CCCC)CCCCCC)CCCCCCCCCOC(=O)C(CCCC)CCCCCC. The van der Waals surface area contributed by atoms with Crippen LogP contribution in [0.5, 0.6) is 0 Å². The van der Waals surface area contributed by atoms with Crippen LogP contribution in [-0.4, -0.2) is 74.0 Å². The minimum Gasteiger partial charge on any atom is -0.465 e. The van der Waals surface area contributed by atoms with Crippen molar-refractivity contribution in [3.63, 3.8) is 0 Å². The van der Waals surface area contributed by atoms with E-state index in [4.69, 9.17) is 9.47 Å². The van der Waals surface area contributed by atoms with Crippen LogP contribution in [0.25, 0.3) is 0 Å². The van der Waals surface area contributed by atoms with Gasteiger partial charge in [0.2, 0.25) is 0 Å². The molecule has 0 aliphatic rings. The first-order chi connectivity index (χ1) is 32.2. The number of carbonyl (C=O) groups excluding carboxylic acids is 2. The number of hydrogen-bond acceptors (Lipinski definition) is 6. The van der Waals surface area contributed by atoms with Gasteiger partial charge < -0.3 is 19.3 Å². The third kappa shape index (κ3) is 40.3.